The predicted molar refractivity (Wildman–Crippen MR) is 78.0 cm³/mol. The first-order valence-electron chi connectivity index (χ1n) is 7.78. The van der Waals surface area contributed by atoms with E-state index >= 15 is 0 Å². The van der Waals surface area contributed by atoms with Gasteiger partial charge in [-0.3, -0.25) is 4.90 Å². The fourth-order valence-corrected chi connectivity index (χ4v) is 4.20. The third-order valence-electron chi connectivity index (χ3n) is 5.53. The summed E-state index contributed by atoms with van der Waals surface area (Å²) in [6.45, 7) is 5.12. The standard InChI is InChI=1S/C17H23NO2/c1-3-11(2)6-4-5-7-14-12-10-13(12)17(19)16-15(20-16)8-9-18(14)17/h3-7,12-16,19H,8-10H2,1-2H3. The van der Waals surface area contributed by atoms with E-state index in [1.165, 1.54) is 5.57 Å². The van der Waals surface area contributed by atoms with Crippen LogP contribution in [0.3, 0.4) is 0 Å². The number of hydrogen-bond acceptors (Lipinski definition) is 3. The van der Waals surface area contributed by atoms with Crippen molar-refractivity contribution in [3.05, 3.63) is 36.0 Å². The lowest BCUT2D eigenvalue weighted by molar-refractivity contribution is -0.133. The number of ether oxygens (including phenoxy) is 1. The Hall–Kier alpha value is -0.900. The predicted octanol–water partition coefficient (Wildman–Crippen LogP) is 2.25. The Morgan fingerprint density at radius 2 is 2.25 bits per heavy atom. The van der Waals surface area contributed by atoms with Crippen molar-refractivity contribution in [3.63, 3.8) is 0 Å². The number of allylic oxidation sites excluding steroid dienone is 5. The van der Waals surface area contributed by atoms with Gasteiger partial charge in [-0.1, -0.05) is 36.0 Å². The molecule has 6 unspecified atom stereocenters. The van der Waals surface area contributed by atoms with Crippen molar-refractivity contribution in [2.45, 2.75) is 50.7 Å². The van der Waals surface area contributed by atoms with Crippen molar-refractivity contribution >= 4 is 0 Å². The zero-order valence-corrected chi connectivity index (χ0v) is 12.2. The Labute approximate surface area is 120 Å². The van der Waals surface area contributed by atoms with Crippen LogP contribution in [0.25, 0.3) is 0 Å². The van der Waals surface area contributed by atoms with Gasteiger partial charge in [0.1, 0.15) is 6.10 Å². The molecule has 20 heavy (non-hydrogen) atoms. The fourth-order valence-electron chi connectivity index (χ4n) is 4.20. The second-order valence-electron chi connectivity index (χ2n) is 6.63. The van der Waals surface area contributed by atoms with Gasteiger partial charge in [0, 0.05) is 18.5 Å². The van der Waals surface area contributed by atoms with Gasteiger partial charge in [0.15, 0.2) is 5.72 Å². The van der Waals surface area contributed by atoms with Crippen LogP contribution in [0, 0.1) is 11.8 Å². The normalized spacial score (nSPS) is 50.4. The molecule has 3 saturated heterocycles. The third kappa shape index (κ3) is 1.70. The highest BCUT2D eigenvalue weighted by atomic mass is 16.6. The summed E-state index contributed by atoms with van der Waals surface area (Å²) in [5.74, 6) is 1.07. The number of piperidine rings is 2. The number of nitrogens with zero attached hydrogens (tertiary/aromatic N) is 1. The minimum atomic E-state index is -0.661. The Morgan fingerprint density at radius 3 is 3.05 bits per heavy atom. The largest absolute Gasteiger partial charge is 0.372 e. The second-order valence-corrected chi connectivity index (χ2v) is 6.63. The molecule has 0 aromatic carbocycles. The first-order chi connectivity index (χ1) is 9.66. The van der Waals surface area contributed by atoms with Crippen LogP contribution < -0.4 is 0 Å². The molecule has 0 spiro atoms. The molecular formula is C17H23NO2. The quantitative estimate of drug-likeness (QED) is 0.633. The highest BCUT2D eigenvalue weighted by Gasteiger charge is 2.75. The summed E-state index contributed by atoms with van der Waals surface area (Å²) in [6, 6.07) is 0.394. The van der Waals surface area contributed by atoms with Crippen molar-refractivity contribution in [1.82, 2.24) is 4.90 Å². The van der Waals surface area contributed by atoms with E-state index in [2.05, 4.69) is 49.1 Å². The maximum atomic E-state index is 11.0. The number of aliphatic hydroxyl groups is 1. The van der Waals surface area contributed by atoms with E-state index in [0.717, 1.165) is 19.4 Å². The minimum absolute atomic E-state index is 0.0884. The SMILES string of the molecule is CC=C(C)C=CC=CC1C2CC2C2(O)C3OC3CCN12. The first-order valence-corrected chi connectivity index (χ1v) is 7.78. The lowest BCUT2D eigenvalue weighted by Gasteiger charge is -2.40. The molecule has 1 saturated carbocycles. The van der Waals surface area contributed by atoms with E-state index in [-0.39, 0.29) is 6.10 Å². The van der Waals surface area contributed by atoms with Crippen LogP contribution in [-0.4, -0.2) is 40.5 Å². The van der Waals surface area contributed by atoms with Crippen LogP contribution in [0.2, 0.25) is 0 Å². The first kappa shape index (κ1) is 12.8. The molecule has 6 atom stereocenters. The molecule has 1 N–H and O–H groups in total. The summed E-state index contributed by atoms with van der Waals surface area (Å²) in [7, 11) is 0. The van der Waals surface area contributed by atoms with Gasteiger partial charge in [0.05, 0.1) is 6.10 Å². The van der Waals surface area contributed by atoms with Crippen LogP contribution in [0.1, 0.15) is 26.7 Å². The van der Waals surface area contributed by atoms with Gasteiger partial charge in [0.25, 0.3) is 0 Å². The molecule has 0 aromatic heterocycles. The van der Waals surface area contributed by atoms with E-state index in [4.69, 9.17) is 4.74 Å². The molecule has 3 heteroatoms. The smallest absolute Gasteiger partial charge is 0.151 e. The summed E-state index contributed by atoms with van der Waals surface area (Å²) < 4.78 is 5.67. The van der Waals surface area contributed by atoms with E-state index in [9.17, 15) is 5.11 Å². The van der Waals surface area contributed by atoms with Gasteiger partial charge >= 0.3 is 0 Å². The second kappa shape index (κ2) is 4.30. The van der Waals surface area contributed by atoms with Crippen molar-refractivity contribution in [3.8, 4) is 0 Å². The van der Waals surface area contributed by atoms with E-state index in [0.29, 0.717) is 24.0 Å². The lowest BCUT2D eigenvalue weighted by atomic mass is 9.95. The maximum Gasteiger partial charge on any atom is 0.151 e. The molecule has 0 bridgehead atoms. The summed E-state index contributed by atoms with van der Waals surface area (Å²) in [4.78, 5) is 2.30. The molecule has 3 nitrogen and oxygen atoms in total. The zero-order valence-electron chi connectivity index (χ0n) is 12.2. The van der Waals surface area contributed by atoms with Crippen LogP contribution in [0.5, 0.6) is 0 Å². The Kier molecular flexibility index (Phi) is 2.75. The van der Waals surface area contributed by atoms with Gasteiger partial charge in [-0.05, 0) is 32.6 Å². The molecule has 1 aliphatic carbocycles. The summed E-state index contributed by atoms with van der Waals surface area (Å²) in [6.07, 6.45) is 13.4. The molecule has 108 valence electrons. The van der Waals surface area contributed by atoms with Crippen molar-refractivity contribution < 1.29 is 9.84 Å². The molecule has 0 radical (unpaired) electrons. The van der Waals surface area contributed by atoms with Gasteiger partial charge < -0.3 is 9.84 Å². The van der Waals surface area contributed by atoms with Crippen LogP contribution in [0.4, 0.5) is 0 Å². The number of epoxide rings is 1. The van der Waals surface area contributed by atoms with Crippen molar-refractivity contribution in [1.29, 1.82) is 0 Å². The number of fused-ring (bicyclic) bond motifs is 5. The van der Waals surface area contributed by atoms with E-state index in [1.807, 2.05) is 0 Å². The van der Waals surface area contributed by atoms with Crippen molar-refractivity contribution in [2.75, 3.05) is 6.54 Å². The molecule has 4 fully saturated rings. The van der Waals surface area contributed by atoms with Crippen molar-refractivity contribution in [2.24, 2.45) is 11.8 Å². The number of hydrogen-bond donors (Lipinski definition) is 1. The summed E-state index contributed by atoms with van der Waals surface area (Å²) in [5, 5.41) is 11.0. The van der Waals surface area contributed by atoms with Crippen LogP contribution >= 0.6 is 0 Å². The average molecular weight is 273 g/mol. The zero-order chi connectivity index (χ0) is 13.9. The molecule has 0 aromatic rings. The molecule has 3 aliphatic heterocycles. The highest BCUT2D eigenvalue weighted by Crippen LogP contribution is 2.64. The topological polar surface area (TPSA) is 36.0 Å². The average Bonchev–Trinajstić information content (AvgIpc) is 3.32. The van der Waals surface area contributed by atoms with Gasteiger partial charge in [0.2, 0.25) is 0 Å². The van der Waals surface area contributed by atoms with Gasteiger partial charge in [-0.2, -0.15) is 0 Å². The lowest BCUT2D eigenvalue weighted by Crippen LogP contribution is -2.57. The maximum absolute atomic E-state index is 11.0. The monoisotopic (exact) mass is 273 g/mol. The molecule has 0 amide bonds. The van der Waals surface area contributed by atoms with Crippen LogP contribution in [-0.2, 0) is 4.74 Å². The van der Waals surface area contributed by atoms with Crippen LogP contribution in [0.15, 0.2) is 36.0 Å². The summed E-state index contributed by atoms with van der Waals surface area (Å²) >= 11 is 0. The third-order valence-corrected chi connectivity index (χ3v) is 5.53. The van der Waals surface area contributed by atoms with Gasteiger partial charge in [-0.25, -0.2) is 0 Å². The number of rotatable bonds is 3. The molecule has 3 heterocycles. The Bertz CT molecular complexity index is 509. The molecule has 4 rings (SSSR count). The Morgan fingerprint density at radius 1 is 1.40 bits per heavy atom. The fraction of sp³-hybridized carbons (Fsp3) is 0.647. The van der Waals surface area contributed by atoms with E-state index in [1.54, 1.807) is 0 Å². The minimum Gasteiger partial charge on any atom is -0.372 e. The van der Waals surface area contributed by atoms with E-state index < -0.39 is 5.72 Å². The van der Waals surface area contributed by atoms with Gasteiger partial charge in [-0.15, -0.1) is 0 Å². The Balaban J connectivity index is 1.50. The molecule has 4 aliphatic rings. The summed E-state index contributed by atoms with van der Waals surface area (Å²) in [5.41, 5.74) is 0.611. The molecular weight excluding hydrogens is 250 g/mol. The highest BCUT2D eigenvalue weighted by molar-refractivity contribution is 5.27.